The summed E-state index contributed by atoms with van der Waals surface area (Å²) in [5.41, 5.74) is 3.30. The minimum absolute atomic E-state index is 0.116. The van der Waals surface area contributed by atoms with Gasteiger partial charge in [0, 0.05) is 37.4 Å². The van der Waals surface area contributed by atoms with Crippen LogP contribution in [0.4, 0.5) is 10.1 Å². The molecule has 7 rings (SSSR count). The van der Waals surface area contributed by atoms with Crippen LogP contribution in [0.5, 0.6) is 0 Å². The number of nitrogens with one attached hydrogen (secondary N) is 2. The van der Waals surface area contributed by atoms with Gasteiger partial charge < -0.3 is 15.5 Å². The molecule has 6 atom stereocenters. The lowest BCUT2D eigenvalue weighted by Gasteiger charge is -2.61. The zero-order valence-electron chi connectivity index (χ0n) is 25.8. The lowest BCUT2D eigenvalue weighted by atomic mass is 9.45. The first-order valence-electron chi connectivity index (χ1n) is 15.6. The minimum Gasteiger partial charge on any atom is -0.340 e. The van der Waals surface area contributed by atoms with E-state index in [4.69, 9.17) is 4.99 Å². The molecule has 1 aliphatic heterocycles. The summed E-state index contributed by atoms with van der Waals surface area (Å²) in [6.45, 7) is 16.0. The number of aryl methyl sites for hydroxylation is 1. The highest BCUT2D eigenvalue weighted by atomic mass is 19.1. The van der Waals surface area contributed by atoms with E-state index >= 15 is 0 Å². The number of halogens is 1. The highest BCUT2D eigenvalue weighted by Crippen LogP contribution is 2.61. The number of hydrogen-bond acceptors (Lipinski definition) is 4. The van der Waals surface area contributed by atoms with Crippen molar-refractivity contribution in [2.24, 2.45) is 28.2 Å². The largest absolute Gasteiger partial charge is 0.340 e. The molecule has 0 radical (unpaired) electrons. The van der Waals surface area contributed by atoms with Gasteiger partial charge in [0.25, 0.3) is 5.56 Å². The molecule has 0 amide bonds. The summed E-state index contributed by atoms with van der Waals surface area (Å²) in [6, 6.07) is 11.4. The molecule has 224 valence electrons. The molecule has 1 aromatic heterocycles. The molecule has 2 heterocycles. The topological polar surface area (TPSA) is 74.6 Å². The first-order valence-corrected chi connectivity index (χ1v) is 15.6. The van der Waals surface area contributed by atoms with E-state index in [2.05, 4.69) is 48.2 Å². The maximum Gasteiger partial charge on any atom is 0.261 e. The van der Waals surface area contributed by atoms with Gasteiger partial charge in [-0.05, 0) is 98.6 Å². The summed E-state index contributed by atoms with van der Waals surface area (Å²) in [5, 5.41) is 7.73. The molecule has 3 aromatic rings. The molecule has 8 heteroatoms. The summed E-state index contributed by atoms with van der Waals surface area (Å²) in [4.78, 5) is 25.9. The Morgan fingerprint density at radius 2 is 2.02 bits per heavy atom. The molecule has 3 saturated carbocycles. The van der Waals surface area contributed by atoms with Crippen molar-refractivity contribution in [1.82, 2.24) is 19.8 Å². The third-order valence-electron chi connectivity index (χ3n) is 10.5. The van der Waals surface area contributed by atoms with Crippen LogP contribution in [-0.4, -0.2) is 52.1 Å². The Kier molecular flexibility index (Phi) is 7.62. The van der Waals surface area contributed by atoms with E-state index < -0.39 is 0 Å². The number of guanidine groups is 1. The fourth-order valence-corrected chi connectivity index (χ4v) is 7.66. The summed E-state index contributed by atoms with van der Waals surface area (Å²) in [6.07, 6.45) is 4.48. The number of benzene rings is 2. The molecule has 2 bridgehead atoms. The van der Waals surface area contributed by atoms with Crippen molar-refractivity contribution in [3.63, 3.8) is 0 Å². The van der Waals surface area contributed by atoms with Gasteiger partial charge in [0.15, 0.2) is 5.96 Å². The molecule has 2 N–H and O–H groups in total. The summed E-state index contributed by atoms with van der Waals surface area (Å²) < 4.78 is 16.1. The molecule has 3 aliphatic carbocycles. The first kappa shape index (κ1) is 28.8. The molecular weight excluding hydrogens is 527 g/mol. The van der Waals surface area contributed by atoms with E-state index in [0.717, 1.165) is 55.1 Å². The zero-order chi connectivity index (χ0) is 29.8. The Balaban J connectivity index is 1.25. The molecule has 4 aliphatic rings. The average Bonchev–Trinajstić information content (AvgIpc) is 2.95. The average molecular weight is 573 g/mol. The molecule has 4 fully saturated rings. The van der Waals surface area contributed by atoms with Crippen LogP contribution in [-0.2, 0) is 6.42 Å². The van der Waals surface area contributed by atoms with Crippen LogP contribution in [0.3, 0.4) is 0 Å². The number of hydrogen-bond donors (Lipinski definition) is 2. The summed E-state index contributed by atoms with van der Waals surface area (Å²) in [5.74, 6) is 2.70. The number of aliphatic imine (C=N–C) groups is 1. The quantitative estimate of drug-likeness (QED) is 0.300. The third kappa shape index (κ3) is 5.34. The fourth-order valence-electron chi connectivity index (χ4n) is 7.66. The predicted octanol–water partition coefficient (Wildman–Crippen LogP) is 5.78. The van der Waals surface area contributed by atoms with Crippen molar-refractivity contribution in [2.75, 3.05) is 25.0 Å². The second-order valence-electron chi connectivity index (χ2n) is 13.7. The summed E-state index contributed by atoms with van der Waals surface area (Å²) >= 11 is 0. The van der Waals surface area contributed by atoms with Crippen molar-refractivity contribution < 1.29 is 4.39 Å². The standard InChI is InChI=1S/C34H45FN6O/c1-20-7-8-24(29(35)13-20)14-22(3)41-19-37-31-17-26(9-10-27(31)32(41)42)38-33(40-12-11-36-21(2)18-40)39-30-16-25-15-28(23(30)4)34(25,5)6/h7-10,13,17,19,21-23,25,28,30,36H,11-12,14-16,18H2,1-6H3,(H,38,39)/t21-,22+,23-,25+,28-,30-/m0/s1. The first-order chi connectivity index (χ1) is 20.0. The molecule has 0 unspecified atom stereocenters. The van der Waals surface area contributed by atoms with Crippen LogP contribution in [0.25, 0.3) is 10.9 Å². The smallest absolute Gasteiger partial charge is 0.261 e. The molecule has 42 heavy (non-hydrogen) atoms. The normalized spacial score (nSPS) is 27.9. The minimum atomic E-state index is -0.237. The maximum atomic E-state index is 14.5. The second kappa shape index (κ2) is 11.1. The van der Waals surface area contributed by atoms with Gasteiger partial charge in [-0.3, -0.25) is 9.36 Å². The van der Waals surface area contributed by atoms with Crippen molar-refractivity contribution >= 4 is 22.5 Å². The van der Waals surface area contributed by atoms with Crippen LogP contribution >= 0.6 is 0 Å². The van der Waals surface area contributed by atoms with Gasteiger partial charge in [-0.1, -0.05) is 32.9 Å². The Hall–Kier alpha value is -3.26. The molecule has 1 saturated heterocycles. The van der Waals surface area contributed by atoms with Crippen LogP contribution in [0.2, 0.25) is 0 Å². The van der Waals surface area contributed by atoms with E-state index in [9.17, 15) is 9.18 Å². The monoisotopic (exact) mass is 572 g/mol. The molecule has 7 nitrogen and oxygen atoms in total. The zero-order valence-corrected chi connectivity index (χ0v) is 25.8. The van der Waals surface area contributed by atoms with Crippen LogP contribution < -0.4 is 16.2 Å². The number of nitrogens with zero attached hydrogens (tertiary/aromatic N) is 4. The van der Waals surface area contributed by atoms with Gasteiger partial charge in [-0.15, -0.1) is 0 Å². The third-order valence-corrected chi connectivity index (χ3v) is 10.5. The Morgan fingerprint density at radius 3 is 2.74 bits per heavy atom. The molecule has 2 aromatic carbocycles. The predicted molar refractivity (Wildman–Crippen MR) is 169 cm³/mol. The Morgan fingerprint density at radius 1 is 1.21 bits per heavy atom. The van der Waals surface area contributed by atoms with Gasteiger partial charge in [-0.2, -0.15) is 0 Å². The van der Waals surface area contributed by atoms with Crippen LogP contribution in [0, 0.1) is 35.9 Å². The van der Waals surface area contributed by atoms with Crippen molar-refractivity contribution in [2.45, 2.75) is 78.9 Å². The van der Waals surface area contributed by atoms with E-state index in [1.807, 2.05) is 38.1 Å². The highest BCUT2D eigenvalue weighted by molar-refractivity contribution is 5.96. The van der Waals surface area contributed by atoms with Crippen molar-refractivity contribution in [3.8, 4) is 0 Å². The Labute approximate surface area is 248 Å². The fraction of sp³-hybridized carbons (Fsp3) is 0.559. The van der Waals surface area contributed by atoms with E-state index in [1.165, 1.54) is 12.5 Å². The van der Waals surface area contributed by atoms with Crippen LogP contribution in [0.15, 0.2) is 52.5 Å². The second-order valence-corrected chi connectivity index (χ2v) is 13.7. The number of fused-ring (bicyclic) bond motifs is 3. The van der Waals surface area contributed by atoms with Crippen molar-refractivity contribution in [1.29, 1.82) is 0 Å². The highest BCUT2D eigenvalue weighted by Gasteiger charge is 2.56. The van der Waals surface area contributed by atoms with Gasteiger partial charge in [-0.25, -0.2) is 14.4 Å². The number of aromatic nitrogens is 2. The number of anilines is 1. The van der Waals surface area contributed by atoms with Crippen molar-refractivity contribution in [3.05, 3.63) is 70.0 Å². The SMILES string of the molecule is Cc1ccc(C[C@@H](C)n2cnc3cc(NC(=N[C@H]4C[C@H]5C[C@@H]([C@@H]4C)C5(C)C)N4CCN[C@@H](C)C4)ccc3c2=O)c(F)c1. The number of rotatable bonds is 5. The van der Waals surface area contributed by atoms with Gasteiger partial charge >= 0.3 is 0 Å². The van der Waals surface area contributed by atoms with Gasteiger partial charge in [0.2, 0.25) is 0 Å². The van der Waals surface area contributed by atoms with Crippen LogP contribution in [0.1, 0.15) is 64.6 Å². The van der Waals surface area contributed by atoms with Gasteiger partial charge in [0.1, 0.15) is 5.82 Å². The van der Waals surface area contributed by atoms with E-state index in [-0.39, 0.29) is 17.4 Å². The van der Waals surface area contributed by atoms with Gasteiger partial charge in [0.05, 0.1) is 23.3 Å². The van der Waals surface area contributed by atoms with E-state index in [0.29, 0.717) is 46.3 Å². The summed E-state index contributed by atoms with van der Waals surface area (Å²) in [7, 11) is 0. The number of piperazine rings is 1. The molecular formula is C34H45FN6O. The molecule has 0 spiro atoms. The Bertz CT molecular complexity index is 1560. The lowest BCUT2D eigenvalue weighted by Crippen LogP contribution is -2.57. The lowest BCUT2D eigenvalue weighted by molar-refractivity contribution is -0.108. The maximum absolute atomic E-state index is 14.5. The van der Waals surface area contributed by atoms with E-state index in [1.54, 1.807) is 17.0 Å².